The number of amides is 2. The number of rotatable bonds is 6. The van der Waals surface area contributed by atoms with Gasteiger partial charge in [-0.3, -0.25) is 14.4 Å². The second-order valence-electron chi connectivity index (χ2n) is 6.71. The number of aryl methyl sites for hydroxylation is 1. The Morgan fingerprint density at radius 1 is 1.24 bits per heavy atom. The van der Waals surface area contributed by atoms with E-state index in [4.69, 9.17) is 16.3 Å². The fraction of sp³-hybridized carbons (Fsp3) is 0.286. The highest BCUT2D eigenvalue weighted by Gasteiger charge is 2.36. The van der Waals surface area contributed by atoms with Gasteiger partial charge in [0.05, 0.1) is 10.9 Å². The first-order valence-corrected chi connectivity index (χ1v) is 10.3. The van der Waals surface area contributed by atoms with Crippen LogP contribution < -0.4 is 10.2 Å². The van der Waals surface area contributed by atoms with E-state index in [1.54, 1.807) is 23.1 Å². The molecule has 2 aromatic carbocycles. The van der Waals surface area contributed by atoms with Crippen molar-refractivity contribution in [3.63, 3.8) is 0 Å². The summed E-state index contributed by atoms with van der Waals surface area (Å²) in [7, 11) is 0. The first-order chi connectivity index (χ1) is 13.9. The normalized spacial score (nSPS) is 16.0. The quantitative estimate of drug-likeness (QED) is 0.630. The number of nitrogens with one attached hydrogen (secondary N) is 1. The Hall–Kier alpha value is -2.38. The van der Waals surface area contributed by atoms with Crippen molar-refractivity contribution in [1.82, 2.24) is 0 Å². The van der Waals surface area contributed by atoms with Crippen molar-refractivity contribution in [3.8, 4) is 0 Å². The van der Waals surface area contributed by atoms with Crippen LogP contribution in [0.4, 0.5) is 11.4 Å². The molecule has 1 fully saturated rings. The van der Waals surface area contributed by atoms with E-state index in [0.717, 1.165) is 12.1 Å². The van der Waals surface area contributed by atoms with Crippen LogP contribution in [-0.4, -0.2) is 30.9 Å². The molecule has 2 amide bonds. The van der Waals surface area contributed by atoms with Crippen LogP contribution in [0.3, 0.4) is 0 Å². The maximum Gasteiger partial charge on any atom is 0.311 e. The first kappa shape index (κ1) is 21.3. The molecule has 1 aliphatic heterocycles. The Balaban J connectivity index is 1.52. The van der Waals surface area contributed by atoms with Gasteiger partial charge in [0.2, 0.25) is 5.91 Å². The van der Waals surface area contributed by atoms with Crippen LogP contribution >= 0.6 is 27.5 Å². The minimum absolute atomic E-state index is 0.0678. The molecule has 3 rings (SSSR count). The minimum Gasteiger partial charge on any atom is -0.455 e. The van der Waals surface area contributed by atoms with Gasteiger partial charge in [-0.1, -0.05) is 30.7 Å². The average Bonchev–Trinajstić information content (AvgIpc) is 3.11. The lowest BCUT2D eigenvalue weighted by Gasteiger charge is -2.17. The zero-order valence-electron chi connectivity index (χ0n) is 15.8. The van der Waals surface area contributed by atoms with Gasteiger partial charge in [0, 0.05) is 28.8 Å². The van der Waals surface area contributed by atoms with Gasteiger partial charge in [-0.05, 0) is 58.2 Å². The monoisotopic (exact) mass is 478 g/mol. The molecule has 0 aliphatic carbocycles. The maximum absolute atomic E-state index is 12.3. The van der Waals surface area contributed by atoms with Crippen LogP contribution in [-0.2, 0) is 25.5 Å². The van der Waals surface area contributed by atoms with Gasteiger partial charge in [0.1, 0.15) is 0 Å². The lowest BCUT2D eigenvalue weighted by atomic mass is 10.1. The SMILES string of the molecule is CCc1ccc(N2C[C@@H](C(=O)OCC(=O)Nc3ccc(Br)c(Cl)c3)CC2=O)cc1. The second kappa shape index (κ2) is 9.41. The summed E-state index contributed by atoms with van der Waals surface area (Å²) < 4.78 is 5.82. The van der Waals surface area contributed by atoms with E-state index in [9.17, 15) is 14.4 Å². The molecule has 6 nitrogen and oxygen atoms in total. The van der Waals surface area contributed by atoms with Gasteiger partial charge in [-0.2, -0.15) is 0 Å². The number of halogens is 2. The van der Waals surface area contributed by atoms with Gasteiger partial charge >= 0.3 is 5.97 Å². The van der Waals surface area contributed by atoms with Crippen LogP contribution in [0, 0.1) is 5.92 Å². The summed E-state index contributed by atoms with van der Waals surface area (Å²) in [4.78, 5) is 38.2. The summed E-state index contributed by atoms with van der Waals surface area (Å²) in [5.74, 6) is -1.77. The van der Waals surface area contributed by atoms with Gasteiger partial charge in [0.15, 0.2) is 6.61 Å². The molecule has 1 heterocycles. The molecule has 2 aromatic rings. The molecule has 152 valence electrons. The van der Waals surface area contributed by atoms with E-state index >= 15 is 0 Å². The Bertz CT molecular complexity index is 933. The summed E-state index contributed by atoms with van der Waals surface area (Å²) >= 11 is 9.26. The fourth-order valence-corrected chi connectivity index (χ4v) is 3.48. The van der Waals surface area contributed by atoms with Crippen molar-refractivity contribution in [2.75, 3.05) is 23.4 Å². The highest BCUT2D eigenvalue weighted by molar-refractivity contribution is 9.10. The molecule has 0 unspecified atom stereocenters. The van der Waals surface area contributed by atoms with Crippen molar-refractivity contribution < 1.29 is 19.1 Å². The third-order valence-electron chi connectivity index (χ3n) is 4.66. The van der Waals surface area contributed by atoms with Gasteiger partial charge in [0.25, 0.3) is 5.91 Å². The summed E-state index contributed by atoms with van der Waals surface area (Å²) in [5, 5.41) is 3.07. The maximum atomic E-state index is 12.3. The van der Waals surface area contributed by atoms with E-state index in [1.165, 1.54) is 5.56 Å². The summed E-state index contributed by atoms with van der Waals surface area (Å²) in [6.07, 6.45) is 0.982. The Labute approximate surface area is 182 Å². The molecule has 0 bridgehead atoms. The number of hydrogen-bond donors (Lipinski definition) is 1. The molecule has 0 radical (unpaired) electrons. The molecule has 0 spiro atoms. The van der Waals surface area contributed by atoms with Gasteiger partial charge in [-0.25, -0.2) is 0 Å². The topological polar surface area (TPSA) is 75.7 Å². The molecule has 1 saturated heterocycles. The van der Waals surface area contributed by atoms with Crippen molar-refractivity contribution in [1.29, 1.82) is 0 Å². The molecule has 0 saturated carbocycles. The second-order valence-corrected chi connectivity index (χ2v) is 7.97. The molecule has 1 N–H and O–H groups in total. The van der Waals surface area contributed by atoms with Crippen LogP contribution in [0.2, 0.25) is 5.02 Å². The lowest BCUT2D eigenvalue weighted by Crippen LogP contribution is -2.28. The smallest absolute Gasteiger partial charge is 0.311 e. The number of carbonyl (C=O) groups is 3. The van der Waals surface area contributed by atoms with E-state index < -0.39 is 24.4 Å². The highest BCUT2D eigenvalue weighted by atomic mass is 79.9. The summed E-state index contributed by atoms with van der Waals surface area (Å²) in [6.45, 7) is 1.87. The third-order valence-corrected chi connectivity index (χ3v) is 5.90. The van der Waals surface area contributed by atoms with Gasteiger partial charge < -0.3 is 15.0 Å². The Kier molecular flexibility index (Phi) is 6.92. The van der Waals surface area contributed by atoms with Crippen molar-refractivity contribution in [2.24, 2.45) is 5.92 Å². The number of carbonyl (C=O) groups excluding carboxylic acids is 3. The Morgan fingerprint density at radius 2 is 1.97 bits per heavy atom. The predicted molar refractivity (Wildman–Crippen MR) is 115 cm³/mol. The van der Waals surface area contributed by atoms with Crippen molar-refractivity contribution in [2.45, 2.75) is 19.8 Å². The molecule has 0 aromatic heterocycles. The van der Waals surface area contributed by atoms with E-state index in [-0.39, 0.29) is 18.9 Å². The summed E-state index contributed by atoms with van der Waals surface area (Å²) in [5.41, 5.74) is 2.43. The highest BCUT2D eigenvalue weighted by Crippen LogP contribution is 2.27. The first-order valence-electron chi connectivity index (χ1n) is 9.18. The fourth-order valence-electron chi connectivity index (χ4n) is 3.05. The molecule has 29 heavy (non-hydrogen) atoms. The van der Waals surface area contributed by atoms with Crippen LogP contribution in [0.1, 0.15) is 18.9 Å². The zero-order valence-corrected chi connectivity index (χ0v) is 18.1. The predicted octanol–water partition coefficient (Wildman–Crippen LogP) is 4.20. The average molecular weight is 480 g/mol. The van der Waals surface area contributed by atoms with Gasteiger partial charge in [-0.15, -0.1) is 0 Å². The van der Waals surface area contributed by atoms with Crippen molar-refractivity contribution >= 4 is 56.7 Å². The largest absolute Gasteiger partial charge is 0.455 e. The molecule has 1 aliphatic rings. The number of benzene rings is 2. The number of nitrogens with zero attached hydrogens (tertiary/aromatic N) is 1. The number of ether oxygens (including phenoxy) is 1. The standard InChI is InChI=1S/C21H20BrClN2O4/c1-2-13-3-6-16(7-4-13)25-11-14(9-20(25)27)21(28)29-12-19(26)24-15-5-8-17(22)18(23)10-15/h3-8,10,14H,2,9,11-12H2,1H3,(H,24,26)/t14-/m0/s1. The van der Waals surface area contributed by atoms with Crippen LogP contribution in [0.25, 0.3) is 0 Å². The van der Waals surface area contributed by atoms with Crippen LogP contribution in [0.5, 0.6) is 0 Å². The van der Waals surface area contributed by atoms with Crippen LogP contribution in [0.15, 0.2) is 46.9 Å². The van der Waals surface area contributed by atoms with Crippen molar-refractivity contribution in [3.05, 3.63) is 57.5 Å². The molecule has 8 heteroatoms. The zero-order chi connectivity index (χ0) is 21.0. The number of anilines is 2. The third kappa shape index (κ3) is 5.36. The number of esters is 1. The summed E-state index contributed by atoms with van der Waals surface area (Å²) in [6, 6.07) is 12.6. The van der Waals surface area contributed by atoms with E-state index in [2.05, 4.69) is 28.2 Å². The minimum atomic E-state index is -0.594. The van der Waals surface area contributed by atoms with E-state index in [1.807, 2.05) is 24.3 Å². The van der Waals surface area contributed by atoms with E-state index in [0.29, 0.717) is 15.2 Å². The molecular weight excluding hydrogens is 460 g/mol. The molecular formula is C21H20BrClN2O4. The lowest BCUT2D eigenvalue weighted by molar-refractivity contribution is -0.151. The number of hydrogen-bond acceptors (Lipinski definition) is 4. The molecule has 1 atom stereocenters. The Morgan fingerprint density at radius 3 is 2.62 bits per heavy atom.